The Hall–Kier alpha value is -2.52. The SMILES string of the molecule is CN1CCc2ccc(Nc3ncc4cnn(CCS(C)(=O)=O)c4n3)cc2C1. The fourth-order valence-corrected chi connectivity index (χ4v) is 3.75. The van der Waals surface area contributed by atoms with Crippen molar-refractivity contribution in [2.45, 2.75) is 19.5 Å². The molecule has 3 aromatic rings. The number of nitrogens with zero attached hydrogens (tertiary/aromatic N) is 5. The number of likely N-dealkylation sites (N-methyl/N-ethyl adjacent to an activating group) is 1. The quantitative estimate of drug-likeness (QED) is 0.712. The van der Waals surface area contributed by atoms with Crippen molar-refractivity contribution < 1.29 is 8.42 Å². The van der Waals surface area contributed by atoms with Crippen molar-refractivity contribution in [2.75, 3.05) is 30.9 Å². The molecule has 4 rings (SSSR count). The molecule has 0 bridgehead atoms. The zero-order valence-corrected chi connectivity index (χ0v) is 16.2. The van der Waals surface area contributed by atoms with Crippen LogP contribution in [0.2, 0.25) is 0 Å². The molecule has 2 aromatic heterocycles. The van der Waals surface area contributed by atoms with Crippen LogP contribution in [0.5, 0.6) is 0 Å². The summed E-state index contributed by atoms with van der Waals surface area (Å²) < 4.78 is 24.4. The number of sulfone groups is 1. The van der Waals surface area contributed by atoms with Crippen LogP contribution in [0, 0.1) is 0 Å². The van der Waals surface area contributed by atoms with Crippen molar-refractivity contribution in [3.63, 3.8) is 0 Å². The molecule has 9 heteroatoms. The molecule has 0 saturated carbocycles. The Kier molecular flexibility index (Phi) is 4.56. The lowest BCUT2D eigenvalue weighted by atomic mass is 9.99. The molecule has 0 saturated heterocycles. The molecule has 0 atom stereocenters. The molecule has 0 amide bonds. The van der Waals surface area contributed by atoms with E-state index in [0.717, 1.165) is 30.6 Å². The van der Waals surface area contributed by atoms with Gasteiger partial charge in [0.05, 0.1) is 23.9 Å². The van der Waals surface area contributed by atoms with Gasteiger partial charge in [-0.2, -0.15) is 10.1 Å². The molecule has 0 aliphatic carbocycles. The minimum Gasteiger partial charge on any atom is -0.324 e. The van der Waals surface area contributed by atoms with Gasteiger partial charge in [0, 0.05) is 31.2 Å². The molecule has 1 aliphatic heterocycles. The van der Waals surface area contributed by atoms with Crippen molar-refractivity contribution >= 4 is 32.5 Å². The second kappa shape index (κ2) is 6.90. The zero-order chi connectivity index (χ0) is 19.0. The highest BCUT2D eigenvalue weighted by atomic mass is 32.2. The summed E-state index contributed by atoms with van der Waals surface area (Å²) in [6.45, 7) is 2.28. The molecule has 0 spiro atoms. The van der Waals surface area contributed by atoms with E-state index in [-0.39, 0.29) is 12.3 Å². The van der Waals surface area contributed by atoms with Crippen molar-refractivity contribution in [1.29, 1.82) is 0 Å². The average molecular weight is 386 g/mol. The van der Waals surface area contributed by atoms with Gasteiger partial charge in [-0.25, -0.2) is 18.1 Å². The second-order valence-electron chi connectivity index (χ2n) is 7.07. The molecular weight excluding hydrogens is 364 g/mol. The van der Waals surface area contributed by atoms with Crippen LogP contribution in [0.4, 0.5) is 11.6 Å². The lowest BCUT2D eigenvalue weighted by Gasteiger charge is -2.25. The smallest absolute Gasteiger partial charge is 0.229 e. The fraction of sp³-hybridized carbons (Fsp3) is 0.389. The van der Waals surface area contributed by atoms with E-state index in [0.29, 0.717) is 11.6 Å². The molecule has 3 heterocycles. The van der Waals surface area contributed by atoms with Crippen LogP contribution in [0.1, 0.15) is 11.1 Å². The topological polar surface area (TPSA) is 93.0 Å². The van der Waals surface area contributed by atoms with Gasteiger partial charge in [0.1, 0.15) is 9.84 Å². The minimum atomic E-state index is -3.06. The Morgan fingerprint density at radius 3 is 2.89 bits per heavy atom. The van der Waals surface area contributed by atoms with Gasteiger partial charge in [-0.1, -0.05) is 6.07 Å². The predicted octanol–water partition coefficient (Wildman–Crippen LogP) is 1.60. The van der Waals surface area contributed by atoms with Crippen molar-refractivity contribution in [3.8, 4) is 0 Å². The summed E-state index contributed by atoms with van der Waals surface area (Å²) in [5.41, 5.74) is 4.25. The van der Waals surface area contributed by atoms with Crippen molar-refractivity contribution in [3.05, 3.63) is 41.7 Å². The van der Waals surface area contributed by atoms with Gasteiger partial charge in [0.2, 0.25) is 5.95 Å². The summed E-state index contributed by atoms with van der Waals surface area (Å²) in [5.74, 6) is 0.488. The lowest BCUT2D eigenvalue weighted by molar-refractivity contribution is 0.313. The number of benzene rings is 1. The van der Waals surface area contributed by atoms with Gasteiger partial charge >= 0.3 is 0 Å². The summed E-state index contributed by atoms with van der Waals surface area (Å²) in [6, 6.07) is 6.33. The number of hydrogen-bond donors (Lipinski definition) is 1. The van der Waals surface area contributed by atoms with Gasteiger partial charge in [-0.3, -0.25) is 0 Å². The Balaban J connectivity index is 1.58. The third-order valence-electron chi connectivity index (χ3n) is 4.72. The van der Waals surface area contributed by atoms with Crippen LogP contribution in [-0.4, -0.2) is 58.7 Å². The molecule has 27 heavy (non-hydrogen) atoms. The van der Waals surface area contributed by atoms with Crippen LogP contribution >= 0.6 is 0 Å². The molecule has 1 N–H and O–H groups in total. The summed E-state index contributed by atoms with van der Waals surface area (Å²) in [7, 11) is -0.942. The molecule has 0 radical (unpaired) electrons. The first kappa shape index (κ1) is 17.9. The number of hydrogen-bond acceptors (Lipinski definition) is 7. The van der Waals surface area contributed by atoms with Crippen molar-refractivity contribution in [1.82, 2.24) is 24.6 Å². The maximum absolute atomic E-state index is 11.4. The van der Waals surface area contributed by atoms with E-state index in [4.69, 9.17) is 0 Å². The largest absolute Gasteiger partial charge is 0.324 e. The Morgan fingerprint density at radius 2 is 2.07 bits per heavy atom. The molecule has 0 unspecified atom stereocenters. The maximum atomic E-state index is 11.4. The van der Waals surface area contributed by atoms with E-state index in [1.165, 1.54) is 17.4 Å². The van der Waals surface area contributed by atoms with Crippen molar-refractivity contribution in [2.24, 2.45) is 0 Å². The first-order valence-electron chi connectivity index (χ1n) is 8.81. The highest BCUT2D eigenvalue weighted by Gasteiger charge is 2.14. The van der Waals surface area contributed by atoms with E-state index in [1.54, 1.807) is 17.1 Å². The molecule has 1 aliphatic rings. The van der Waals surface area contributed by atoms with Crippen LogP contribution in [0.3, 0.4) is 0 Å². The molecular formula is C18H22N6O2S. The molecule has 142 valence electrons. The highest BCUT2D eigenvalue weighted by Crippen LogP contribution is 2.24. The first-order valence-corrected chi connectivity index (χ1v) is 10.9. The standard InChI is InChI=1S/C18H22N6O2S/c1-23-6-5-13-3-4-16(9-14(13)12-23)21-18-19-10-15-11-20-24(17(15)22-18)7-8-27(2,25)26/h3-4,9-11H,5-8,12H2,1-2H3,(H,19,21,22). The van der Waals surface area contributed by atoms with E-state index < -0.39 is 9.84 Å². The van der Waals surface area contributed by atoms with Gasteiger partial charge in [0.25, 0.3) is 0 Å². The van der Waals surface area contributed by atoms with Crippen LogP contribution in [0.15, 0.2) is 30.6 Å². The zero-order valence-electron chi connectivity index (χ0n) is 15.4. The Bertz CT molecular complexity index is 1090. The number of nitrogens with one attached hydrogen (secondary N) is 1. The molecule has 8 nitrogen and oxygen atoms in total. The highest BCUT2D eigenvalue weighted by molar-refractivity contribution is 7.90. The summed E-state index contributed by atoms with van der Waals surface area (Å²) in [6.07, 6.45) is 5.62. The van der Waals surface area contributed by atoms with Gasteiger partial charge in [0.15, 0.2) is 5.65 Å². The molecule has 1 aromatic carbocycles. The average Bonchev–Trinajstić information content (AvgIpc) is 3.01. The van der Waals surface area contributed by atoms with E-state index in [1.807, 2.05) is 6.07 Å². The van der Waals surface area contributed by atoms with Gasteiger partial charge < -0.3 is 10.2 Å². The minimum absolute atomic E-state index is 0.0227. The summed E-state index contributed by atoms with van der Waals surface area (Å²) in [4.78, 5) is 11.2. The number of aryl methyl sites for hydroxylation is 1. The van der Waals surface area contributed by atoms with Gasteiger partial charge in [-0.05, 0) is 36.7 Å². The Morgan fingerprint density at radius 1 is 1.22 bits per heavy atom. The third kappa shape index (κ3) is 4.09. The summed E-state index contributed by atoms with van der Waals surface area (Å²) in [5, 5.41) is 8.26. The lowest BCUT2D eigenvalue weighted by Crippen LogP contribution is -2.26. The molecule has 0 fully saturated rings. The first-order chi connectivity index (χ1) is 12.9. The van der Waals surface area contributed by atoms with E-state index >= 15 is 0 Å². The predicted molar refractivity (Wildman–Crippen MR) is 105 cm³/mol. The normalized spacial score (nSPS) is 15.0. The monoisotopic (exact) mass is 386 g/mol. The second-order valence-corrected chi connectivity index (χ2v) is 9.33. The number of anilines is 2. The third-order valence-corrected chi connectivity index (χ3v) is 5.64. The maximum Gasteiger partial charge on any atom is 0.229 e. The van der Waals surface area contributed by atoms with Crippen LogP contribution < -0.4 is 5.32 Å². The fourth-order valence-electron chi connectivity index (χ4n) is 3.25. The van der Waals surface area contributed by atoms with E-state index in [9.17, 15) is 8.42 Å². The van der Waals surface area contributed by atoms with Gasteiger partial charge in [-0.15, -0.1) is 0 Å². The van der Waals surface area contributed by atoms with Crippen LogP contribution in [-0.2, 0) is 29.3 Å². The summed E-state index contributed by atoms with van der Waals surface area (Å²) >= 11 is 0. The number of rotatable bonds is 5. The Labute approximate surface area is 158 Å². The number of fused-ring (bicyclic) bond motifs is 2. The van der Waals surface area contributed by atoms with Crippen LogP contribution in [0.25, 0.3) is 11.0 Å². The number of aromatic nitrogens is 4. The van der Waals surface area contributed by atoms with E-state index in [2.05, 4.69) is 44.5 Å².